The molecule has 0 aliphatic heterocycles. The number of ether oxygens (including phenoxy) is 1. The smallest absolute Gasteiger partial charge is 0.420 e. The molecule has 0 spiro atoms. The summed E-state index contributed by atoms with van der Waals surface area (Å²) in [4.78, 5) is 13.7. The van der Waals surface area contributed by atoms with Crippen molar-refractivity contribution < 1.29 is 31.7 Å². The molecule has 7 nitrogen and oxygen atoms in total. The van der Waals surface area contributed by atoms with Crippen LogP contribution in [0.5, 0.6) is 5.75 Å². The molecule has 3 rings (SSSR count). The highest BCUT2D eigenvalue weighted by atomic mass is 19.4. The van der Waals surface area contributed by atoms with Crippen molar-refractivity contribution in [1.82, 2.24) is 10.1 Å². The molecular formula is C16H9F4N3O4. The highest BCUT2D eigenvalue weighted by molar-refractivity contribution is 5.52. The number of nitro groups is 1. The predicted molar refractivity (Wildman–Crippen MR) is 82.1 cm³/mol. The summed E-state index contributed by atoms with van der Waals surface area (Å²) < 4.78 is 62.2. The van der Waals surface area contributed by atoms with Gasteiger partial charge in [0, 0.05) is 17.7 Å². The number of alkyl halides is 3. The molecule has 0 amide bonds. The molecule has 0 N–H and O–H groups in total. The Morgan fingerprint density at radius 1 is 1.15 bits per heavy atom. The van der Waals surface area contributed by atoms with Gasteiger partial charge in [-0.2, -0.15) is 18.2 Å². The first-order chi connectivity index (χ1) is 12.7. The van der Waals surface area contributed by atoms with Crippen LogP contribution in [0.25, 0.3) is 11.5 Å². The Kier molecular flexibility index (Phi) is 4.75. The molecule has 11 heteroatoms. The lowest BCUT2D eigenvalue weighted by atomic mass is 10.1. The quantitative estimate of drug-likeness (QED) is 0.369. The fourth-order valence-corrected chi connectivity index (χ4v) is 2.14. The molecule has 0 aliphatic rings. The zero-order valence-corrected chi connectivity index (χ0v) is 13.2. The van der Waals surface area contributed by atoms with Gasteiger partial charge in [-0.25, -0.2) is 4.39 Å². The largest absolute Gasteiger partial charge is 0.485 e. The summed E-state index contributed by atoms with van der Waals surface area (Å²) in [5.74, 6) is -1.09. The SMILES string of the molecule is O=[N+]([O-])c1ccc(OCc2noc(-c3ccc(F)cc3)n2)c(C(F)(F)F)c1. The van der Waals surface area contributed by atoms with Crippen LogP contribution in [-0.2, 0) is 12.8 Å². The zero-order chi connectivity index (χ0) is 19.6. The average molecular weight is 383 g/mol. The van der Waals surface area contributed by atoms with Gasteiger partial charge in [0.1, 0.15) is 17.1 Å². The van der Waals surface area contributed by atoms with Gasteiger partial charge >= 0.3 is 6.18 Å². The summed E-state index contributed by atoms with van der Waals surface area (Å²) in [6.07, 6.45) is -4.85. The molecule has 0 unspecified atom stereocenters. The Bertz CT molecular complexity index is 971. The van der Waals surface area contributed by atoms with Crippen LogP contribution in [0.15, 0.2) is 47.0 Å². The molecule has 0 bridgehead atoms. The summed E-state index contributed by atoms with van der Waals surface area (Å²) in [6, 6.07) is 7.28. The maximum Gasteiger partial charge on any atom is 0.420 e. The number of rotatable bonds is 5. The Balaban J connectivity index is 1.79. The number of non-ortho nitro benzene ring substituents is 1. The molecule has 0 atom stereocenters. The van der Waals surface area contributed by atoms with E-state index in [-0.39, 0.29) is 11.7 Å². The molecule has 140 valence electrons. The topological polar surface area (TPSA) is 91.3 Å². The number of aromatic nitrogens is 2. The van der Waals surface area contributed by atoms with Crippen LogP contribution in [0.2, 0.25) is 0 Å². The maximum absolute atomic E-state index is 13.1. The summed E-state index contributed by atoms with van der Waals surface area (Å²) in [5.41, 5.74) is -1.59. The summed E-state index contributed by atoms with van der Waals surface area (Å²) in [6.45, 7) is -0.467. The van der Waals surface area contributed by atoms with Gasteiger partial charge in [-0.15, -0.1) is 0 Å². The lowest BCUT2D eigenvalue weighted by molar-refractivity contribution is -0.385. The monoisotopic (exact) mass is 383 g/mol. The van der Waals surface area contributed by atoms with Crippen molar-refractivity contribution in [2.75, 3.05) is 0 Å². The minimum absolute atomic E-state index is 0.0355. The molecule has 0 saturated heterocycles. The van der Waals surface area contributed by atoms with Crippen molar-refractivity contribution in [2.45, 2.75) is 12.8 Å². The molecule has 27 heavy (non-hydrogen) atoms. The lowest BCUT2D eigenvalue weighted by Crippen LogP contribution is -2.10. The third-order valence-corrected chi connectivity index (χ3v) is 3.40. The first-order valence-corrected chi connectivity index (χ1v) is 7.31. The summed E-state index contributed by atoms with van der Waals surface area (Å²) >= 11 is 0. The molecule has 0 radical (unpaired) electrons. The van der Waals surface area contributed by atoms with E-state index in [2.05, 4.69) is 10.1 Å². The number of nitrogens with zero attached hydrogens (tertiary/aromatic N) is 3. The van der Waals surface area contributed by atoms with Crippen LogP contribution in [0.1, 0.15) is 11.4 Å². The molecule has 1 aromatic heterocycles. The lowest BCUT2D eigenvalue weighted by Gasteiger charge is -2.12. The highest BCUT2D eigenvalue weighted by Gasteiger charge is 2.36. The minimum Gasteiger partial charge on any atom is -0.485 e. The fraction of sp³-hybridized carbons (Fsp3) is 0.125. The van der Waals surface area contributed by atoms with Crippen LogP contribution in [0.3, 0.4) is 0 Å². The number of nitro benzene ring substituents is 1. The van der Waals surface area contributed by atoms with Crippen molar-refractivity contribution in [3.8, 4) is 17.2 Å². The first-order valence-electron chi connectivity index (χ1n) is 7.31. The fourth-order valence-electron chi connectivity index (χ4n) is 2.14. The second-order valence-electron chi connectivity index (χ2n) is 5.25. The summed E-state index contributed by atoms with van der Waals surface area (Å²) in [5, 5.41) is 14.2. The van der Waals surface area contributed by atoms with E-state index in [1.165, 1.54) is 24.3 Å². The molecular weight excluding hydrogens is 374 g/mol. The normalized spacial score (nSPS) is 11.4. The van der Waals surface area contributed by atoms with Crippen molar-refractivity contribution in [1.29, 1.82) is 0 Å². The van der Waals surface area contributed by atoms with Crippen LogP contribution >= 0.6 is 0 Å². The average Bonchev–Trinajstić information content (AvgIpc) is 3.08. The van der Waals surface area contributed by atoms with Gasteiger partial charge in [0.05, 0.1) is 4.92 Å². The molecule has 2 aromatic carbocycles. The van der Waals surface area contributed by atoms with Crippen LogP contribution < -0.4 is 4.74 Å². The van der Waals surface area contributed by atoms with Crippen molar-refractivity contribution >= 4 is 5.69 Å². The molecule has 0 fully saturated rings. The Labute approximate surface area is 148 Å². The number of halogens is 4. The van der Waals surface area contributed by atoms with E-state index in [1.807, 2.05) is 0 Å². The van der Waals surface area contributed by atoms with Crippen LogP contribution in [0, 0.1) is 15.9 Å². The predicted octanol–water partition coefficient (Wildman–Crippen LogP) is 4.38. The van der Waals surface area contributed by atoms with Gasteiger partial charge in [0.2, 0.25) is 5.82 Å². The first kappa shape index (κ1) is 18.3. The van der Waals surface area contributed by atoms with E-state index in [9.17, 15) is 27.7 Å². The third-order valence-electron chi connectivity index (χ3n) is 3.40. The number of benzene rings is 2. The maximum atomic E-state index is 13.1. The van der Waals surface area contributed by atoms with E-state index < -0.39 is 40.5 Å². The summed E-state index contributed by atoms with van der Waals surface area (Å²) in [7, 11) is 0. The molecule has 0 saturated carbocycles. The molecule has 0 aliphatic carbocycles. The second-order valence-corrected chi connectivity index (χ2v) is 5.25. The van der Waals surface area contributed by atoms with Gasteiger partial charge in [-0.05, 0) is 30.3 Å². The van der Waals surface area contributed by atoms with Gasteiger partial charge in [-0.1, -0.05) is 5.16 Å². The Morgan fingerprint density at radius 2 is 1.85 bits per heavy atom. The van der Waals surface area contributed by atoms with E-state index in [1.54, 1.807) is 0 Å². The van der Waals surface area contributed by atoms with Gasteiger partial charge in [0.15, 0.2) is 6.61 Å². The van der Waals surface area contributed by atoms with Gasteiger partial charge < -0.3 is 9.26 Å². The minimum atomic E-state index is -4.85. The van der Waals surface area contributed by atoms with E-state index in [0.29, 0.717) is 11.6 Å². The van der Waals surface area contributed by atoms with E-state index >= 15 is 0 Å². The van der Waals surface area contributed by atoms with E-state index in [0.717, 1.165) is 12.1 Å². The number of hydrogen-bond donors (Lipinski definition) is 0. The highest BCUT2D eigenvalue weighted by Crippen LogP contribution is 2.38. The molecule has 3 aromatic rings. The van der Waals surface area contributed by atoms with Crippen LogP contribution in [0.4, 0.5) is 23.2 Å². The Hall–Kier alpha value is -3.50. The van der Waals surface area contributed by atoms with Crippen molar-refractivity contribution in [2.24, 2.45) is 0 Å². The van der Waals surface area contributed by atoms with E-state index in [4.69, 9.17) is 9.26 Å². The molecule has 1 heterocycles. The van der Waals surface area contributed by atoms with Crippen molar-refractivity contribution in [3.63, 3.8) is 0 Å². The standard InChI is InChI=1S/C16H9F4N3O4/c17-10-3-1-9(2-4-10)15-21-14(22-27-15)8-26-13-6-5-11(23(24)25)7-12(13)16(18,19)20/h1-7H,8H2. The van der Waals surface area contributed by atoms with Gasteiger partial charge in [-0.3, -0.25) is 10.1 Å². The van der Waals surface area contributed by atoms with Crippen LogP contribution in [-0.4, -0.2) is 15.1 Å². The second kappa shape index (κ2) is 7.02. The van der Waals surface area contributed by atoms with Gasteiger partial charge in [0.25, 0.3) is 11.6 Å². The third kappa shape index (κ3) is 4.19. The zero-order valence-electron chi connectivity index (χ0n) is 13.2. The van der Waals surface area contributed by atoms with Crippen molar-refractivity contribution in [3.05, 3.63) is 69.8 Å². The Morgan fingerprint density at radius 3 is 2.48 bits per heavy atom. The number of hydrogen-bond acceptors (Lipinski definition) is 6.